The second-order valence-electron chi connectivity index (χ2n) is 9.70. The molecule has 0 unspecified atom stereocenters. The van der Waals surface area contributed by atoms with Crippen molar-refractivity contribution in [3.63, 3.8) is 0 Å². The van der Waals surface area contributed by atoms with E-state index in [1.807, 2.05) is 22.7 Å². The minimum Gasteiger partial charge on any atom is -0.308 e. The van der Waals surface area contributed by atoms with E-state index in [1.165, 1.54) is 78.6 Å². The molecule has 0 atom stereocenters. The molecule has 0 saturated carbocycles. The minimum absolute atomic E-state index is 1.26. The largest absolute Gasteiger partial charge is 0.308 e. The van der Waals surface area contributed by atoms with Crippen LogP contribution in [0.15, 0.2) is 115 Å². The van der Waals surface area contributed by atoms with Gasteiger partial charge in [0.2, 0.25) is 0 Å². The zero-order valence-electron chi connectivity index (χ0n) is 19.7. The molecule has 0 aliphatic rings. The van der Waals surface area contributed by atoms with Gasteiger partial charge in [0.25, 0.3) is 0 Å². The third kappa shape index (κ3) is 2.58. The molecule has 0 saturated heterocycles. The quantitative estimate of drug-likeness (QED) is 0.209. The molecule has 6 aromatic carbocycles. The van der Waals surface area contributed by atoms with E-state index in [4.69, 9.17) is 0 Å². The summed E-state index contributed by atoms with van der Waals surface area (Å²) in [6.07, 6.45) is 0. The van der Waals surface area contributed by atoms with E-state index in [0.29, 0.717) is 0 Å². The van der Waals surface area contributed by atoms with E-state index in [1.54, 1.807) is 0 Å². The molecule has 0 fully saturated rings. The lowest BCUT2D eigenvalue weighted by Crippen LogP contribution is -1.93. The number of nitrogens with zero attached hydrogens (tertiary/aromatic N) is 1. The molecule has 3 heteroatoms. The normalized spacial score (nSPS) is 12.3. The van der Waals surface area contributed by atoms with E-state index in [0.717, 1.165) is 0 Å². The van der Waals surface area contributed by atoms with Crippen LogP contribution in [-0.2, 0) is 0 Å². The number of rotatable bonds is 1. The summed E-state index contributed by atoms with van der Waals surface area (Å²) in [5.41, 5.74) is 3.78. The van der Waals surface area contributed by atoms with Gasteiger partial charge in [0.15, 0.2) is 0 Å². The Labute approximate surface area is 220 Å². The van der Waals surface area contributed by atoms with Crippen molar-refractivity contribution >= 4 is 95.6 Å². The van der Waals surface area contributed by atoms with Crippen molar-refractivity contribution in [2.45, 2.75) is 0 Å². The van der Waals surface area contributed by atoms with Crippen molar-refractivity contribution in [2.75, 3.05) is 0 Å². The Morgan fingerprint density at radius 1 is 0.378 bits per heavy atom. The first kappa shape index (κ1) is 19.9. The topological polar surface area (TPSA) is 4.93 Å². The Kier molecular flexibility index (Phi) is 3.88. The highest BCUT2D eigenvalue weighted by atomic mass is 32.1. The molecule has 172 valence electrons. The predicted octanol–water partition coefficient (Wildman–Crippen LogP) is 10.7. The average Bonchev–Trinajstić information content (AvgIpc) is 3.62. The Balaban J connectivity index is 1.46. The third-order valence-electron chi connectivity index (χ3n) is 7.80. The first-order valence-corrected chi connectivity index (χ1v) is 14.2. The van der Waals surface area contributed by atoms with Crippen LogP contribution in [0.2, 0.25) is 0 Å². The van der Waals surface area contributed by atoms with Crippen LogP contribution in [0.3, 0.4) is 0 Å². The van der Waals surface area contributed by atoms with Crippen LogP contribution >= 0.6 is 22.7 Å². The molecule has 3 heterocycles. The molecule has 3 aromatic heterocycles. The summed E-state index contributed by atoms with van der Waals surface area (Å²) < 4.78 is 7.89. The van der Waals surface area contributed by atoms with Gasteiger partial charge in [-0.1, -0.05) is 84.9 Å². The highest BCUT2D eigenvalue weighted by molar-refractivity contribution is 7.27. The molecular formula is C34H19NS2. The maximum Gasteiger partial charge on any atom is 0.0640 e. The Hall–Kier alpha value is -4.18. The summed E-state index contributed by atoms with van der Waals surface area (Å²) >= 11 is 3.80. The maximum absolute atomic E-state index is 2.48. The Morgan fingerprint density at radius 3 is 1.76 bits per heavy atom. The van der Waals surface area contributed by atoms with E-state index < -0.39 is 0 Å². The molecule has 9 rings (SSSR count). The van der Waals surface area contributed by atoms with E-state index in [2.05, 4.69) is 120 Å². The monoisotopic (exact) mass is 505 g/mol. The second kappa shape index (κ2) is 7.19. The van der Waals surface area contributed by atoms with Crippen LogP contribution in [-0.4, -0.2) is 4.57 Å². The molecule has 37 heavy (non-hydrogen) atoms. The molecular weight excluding hydrogens is 487 g/mol. The fourth-order valence-electron chi connectivity index (χ4n) is 6.22. The SMILES string of the molecule is c1ccc2c(c1)sc1c(-n3c4ccccc4c4c5ccc6c7ccccc7sc6c5ccc43)cccc12. The van der Waals surface area contributed by atoms with Gasteiger partial charge in [0.05, 0.1) is 21.4 Å². The summed E-state index contributed by atoms with van der Waals surface area (Å²) in [4.78, 5) is 0. The Bertz CT molecular complexity index is 2360. The summed E-state index contributed by atoms with van der Waals surface area (Å²) in [7, 11) is 0. The van der Waals surface area contributed by atoms with Gasteiger partial charge in [-0.3, -0.25) is 0 Å². The summed E-state index contributed by atoms with van der Waals surface area (Å²) in [5, 5.41) is 10.7. The zero-order chi connectivity index (χ0) is 24.1. The lowest BCUT2D eigenvalue weighted by molar-refractivity contribution is 1.20. The predicted molar refractivity (Wildman–Crippen MR) is 164 cm³/mol. The molecule has 0 spiro atoms. The first-order valence-electron chi connectivity index (χ1n) is 12.5. The van der Waals surface area contributed by atoms with Crippen LogP contribution in [0.25, 0.3) is 78.6 Å². The number of para-hydroxylation sites is 1. The number of aromatic nitrogens is 1. The number of benzene rings is 6. The van der Waals surface area contributed by atoms with Gasteiger partial charge in [-0.05, 0) is 35.7 Å². The maximum atomic E-state index is 2.48. The zero-order valence-corrected chi connectivity index (χ0v) is 21.4. The number of hydrogen-bond acceptors (Lipinski definition) is 2. The molecule has 0 amide bonds. The minimum atomic E-state index is 1.26. The van der Waals surface area contributed by atoms with Gasteiger partial charge in [-0.2, -0.15) is 0 Å². The number of thiophene rings is 2. The molecule has 0 aliphatic heterocycles. The fourth-order valence-corrected chi connectivity index (χ4v) is 8.66. The standard InChI is InChI=1S/C34H19NS2/c1-4-12-27-26(10-1)32-22-16-17-24-21-9-3-5-14-30(21)36-33(24)25(22)18-19-28(32)35(27)29-13-7-11-23-20-8-2-6-15-31(20)37-34(23)29/h1-19H. The van der Waals surface area contributed by atoms with E-state index in [-0.39, 0.29) is 0 Å². The van der Waals surface area contributed by atoms with Crippen LogP contribution in [0.5, 0.6) is 0 Å². The van der Waals surface area contributed by atoms with Crippen molar-refractivity contribution in [3.8, 4) is 5.69 Å². The highest BCUT2D eigenvalue weighted by Gasteiger charge is 2.19. The molecule has 0 N–H and O–H groups in total. The lowest BCUT2D eigenvalue weighted by atomic mass is 10.0. The van der Waals surface area contributed by atoms with E-state index >= 15 is 0 Å². The van der Waals surface area contributed by atoms with Gasteiger partial charge >= 0.3 is 0 Å². The molecule has 9 aromatic rings. The lowest BCUT2D eigenvalue weighted by Gasteiger charge is -2.10. The van der Waals surface area contributed by atoms with Crippen LogP contribution in [0, 0.1) is 0 Å². The average molecular weight is 506 g/mol. The van der Waals surface area contributed by atoms with Gasteiger partial charge in [-0.15, -0.1) is 22.7 Å². The van der Waals surface area contributed by atoms with Crippen molar-refractivity contribution in [3.05, 3.63) is 115 Å². The van der Waals surface area contributed by atoms with Gasteiger partial charge in [0, 0.05) is 51.8 Å². The summed E-state index contributed by atoms with van der Waals surface area (Å²) in [6, 6.07) is 42.5. The van der Waals surface area contributed by atoms with Crippen molar-refractivity contribution in [1.82, 2.24) is 4.57 Å². The van der Waals surface area contributed by atoms with Crippen molar-refractivity contribution < 1.29 is 0 Å². The van der Waals surface area contributed by atoms with E-state index in [9.17, 15) is 0 Å². The smallest absolute Gasteiger partial charge is 0.0640 e. The first-order chi connectivity index (χ1) is 18.4. The van der Waals surface area contributed by atoms with Crippen LogP contribution in [0.1, 0.15) is 0 Å². The van der Waals surface area contributed by atoms with Crippen LogP contribution < -0.4 is 0 Å². The van der Waals surface area contributed by atoms with Crippen molar-refractivity contribution in [2.24, 2.45) is 0 Å². The molecule has 1 nitrogen and oxygen atoms in total. The van der Waals surface area contributed by atoms with Crippen LogP contribution in [0.4, 0.5) is 0 Å². The molecule has 0 bridgehead atoms. The van der Waals surface area contributed by atoms with Crippen molar-refractivity contribution in [1.29, 1.82) is 0 Å². The van der Waals surface area contributed by atoms with Gasteiger partial charge in [-0.25, -0.2) is 0 Å². The van der Waals surface area contributed by atoms with Gasteiger partial charge in [0.1, 0.15) is 0 Å². The third-order valence-corrected chi connectivity index (χ3v) is 10.2. The second-order valence-corrected chi connectivity index (χ2v) is 11.8. The van der Waals surface area contributed by atoms with Gasteiger partial charge < -0.3 is 4.57 Å². The number of hydrogen-bond donors (Lipinski definition) is 0. The highest BCUT2D eigenvalue weighted by Crippen LogP contribution is 2.45. The Morgan fingerprint density at radius 2 is 0.946 bits per heavy atom. The molecule has 0 aliphatic carbocycles. The number of fused-ring (bicyclic) bond motifs is 12. The summed E-state index contributed by atoms with van der Waals surface area (Å²) in [6.45, 7) is 0. The molecule has 0 radical (unpaired) electrons. The fraction of sp³-hybridized carbons (Fsp3) is 0. The summed E-state index contributed by atoms with van der Waals surface area (Å²) in [5.74, 6) is 0.